The summed E-state index contributed by atoms with van der Waals surface area (Å²) in [6.07, 6.45) is 4.15. The van der Waals surface area contributed by atoms with Crippen LogP contribution >= 0.6 is 15.9 Å². The number of rotatable bonds is 5. The van der Waals surface area contributed by atoms with Gasteiger partial charge in [-0.2, -0.15) is 0 Å². The number of nitrogens with zero attached hydrogens (tertiary/aromatic N) is 1. The van der Waals surface area contributed by atoms with Crippen LogP contribution in [0.1, 0.15) is 18.4 Å². The normalized spacial score (nSPS) is 21.2. The van der Waals surface area contributed by atoms with Gasteiger partial charge in [0.15, 0.2) is 0 Å². The molecule has 104 valence electrons. The molecule has 0 atom stereocenters. The van der Waals surface area contributed by atoms with Gasteiger partial charge in [0.25, 0.3) is 0 Å². The maximum absolute atomic E-state index is 5.84. The van der Waals surface area contributed by atoms with Crippen LogP contribution in [0.2, 0.25) is 0 Å². The van der Waals surface area contributed by atoms with E-state index >= 15 is 0 Å². The van der Waals surface area contributed by atoms with Crippen molar-refractivity contribution in [2.45, 2.75) is 31.7 Å². The second-order valence-corrected chi connectivity index (χ2v) is 5.86. The van der Waals surface area contributed by atoms with Gasteiger partial charge in [-0.15, -0.1) is 0 Å². The Hall–Kier alpha value is -1.39. The number of hydrogen-bond acceptors (Lipinski definition) is 3. The maximum Gasteiger partial charge on any atom is 0.213 e. The molecular formula is C16H16BrNO2. The van der Waals surface area contributed by atoms with Gasteiger partial charge in [0, 0.05) is 29.6 Å². The molecule has 0 bridgehead atoms. The van der Waals surface area contributed by atoms with Crippen molar-refractivity contribution in [1.29, 1.82) is 0 Å². The molecule has 1 heterocycles. The first kappa shape index (κ1) is 13.6. The first-order valence-corrected chi connectivity index (χ1v) is 7.52. The van der Waals surface area contributed by atoms with E-state index in [9.17, 15) is 0 Å². The molecule has 0 amide bonds. The van der Waals surface area contributed by atoms with E-state index < -0.39 is 0 Å². The Morgan fingerprint density at radius 3 is 2.55 bits per heavy atom. The SMILES string of the molecule is Brc1ccc(O[C@H]2C[C@H](OCc3ccccc3)C2)nc1. The predicted octanol–water partition coefficient (Wildman–Crippen LogP) is 3.97. The lowest BCUT2D eigenvalue weighted by Gasteiger charge is -2.34. The van der Waals surface area contributed by atoms with Crippen LogP contribution in [-0.2, 0) is 11.3 Å². The summed E-state index contributed by atoms with van der Waals surface area (Å²) in [5, 5.41) is 0. The van der Waals surface area contributed by atoms with Crippen molar-refractivity contribution in [3.05, 3.63) is 58.7 Å². The van der Waals surface area contributed by atoms with Crippen LogP contribution in [0.5, 0.6) is 5.88 Å². The Bertz CT molecular complexity index is 538. The number of aromatic nitrogens is 1. The largest absolute Gasteiger partial charge is 0.474 e. The van der Waals surface area contributed by atoms with Crippen molar-refractivity contribution >= 4 is 15.9 Å². The molecule has 4 heteroatoms. The molecule has 2 aromatic rings. The van der Waals surface area contributed by atoms with Gasteiger partial charge in [0.05, 0.1) is 12.7 Å². The van der Waals surface area contributed by atoms with E-state index in [4.69, 9.17) is 9.47 Å². The van der Waals surface area contributed by atoms with Crippen molar-refractivity contribution in [3.63, 3.8) is 0 Å². The fraction of sp³-hybridized carbons (Fsp3) is 0.312. The molecule has 0 spiro atoms. The third-order valence-electron chi connectivity index (χ3n) is 3.37. The van der Waals surface area contributed by atoms with Crippen molar-refractivity contribution in [2.24, 2.45) is 0 Å². The minimum atomic E-state index is 0.226. The molecular weight excluding hydrogens is 318 g/mol. The molecule has 3 rings (SSSR count). The van der Waals surface area contributed by atoms with Crippen LogP contribution in [0.3, 0.4) is 0 Å². The molecule has 1 saturated carbocycles. The molecule has 0 aliphatic heterocycles. The third kappa shape index (κ3) is 3.58. The topological polar surface area (TPSA) is 31.4 Å². The van der Waals surface area contributed by atoms with Crippen LogP contribution in [0.15, 0.2) is 53.1 Å². The summed E-state index contributed by atoms with van der Waals surface area (Å²) in [5.41, 5.74) is 1.21. The average molecular weight is 334 g/mol. The molecule has 0 saturated heterocycles. The van der Waals surface area contributed by atoms with E-state index in [2.05, 4.69) is 33.0 Å². The zero-order valence-corrected chi connectivity index (χ0v) is 12.6. The number of benzene rings is 1. The second-order valence-electron chi connectivity index (χ2n) is 4.94. The minimum absolute atomic E-state index is 0.226. The minimum Gasteiger partial charge on any atom is -0.474 e. The van der Waals surface area contributed by atoms with Crippen molar-refractivity contribution < 1.29 is 9.47 Å². The monoisotopic (exact) mass is 333 g/mol. The van der Waals surface area contributed by atoms with E-state index in [0.717, 1.165) is 17.3 Å². The van der Waals surface area contributed by atoms with Crippen molar-refractivity contribution in [3.8, 4) is 5.88 Å². The fourth-order valence-corrected chi connectivity index (χ4v) is 2.38. The van der Waals surface area contributed by atoms with Gasteiger partial charge in [-0.1, -0.05) is 30.3 Å². The van der Waals surface area contributed by atoms with Gasteiger partial charge < -0.3 is 9.47 Å². The molecule has 0 radical (unpaired) electrons. The lowest BCUT2D eigenvalue weighted by molar-refractivity contribution is -0.0695. The maximum atomic E-state index is 5.84. The lowest BCUT2D eigenvalue weighted by Crippen LogP contribution is -2.39. The quantitative estimate of drug-likeness (QED) is 0.829. The highest BCUT2D eigenvalue weighted by molar-refractivity contribution is 9.10. The number of ether oxygens (including phenoxy) is 2. The highest BCUT2D eigenvalue weighted by Gasteiger charge is 2.31. The van der Waals surface area contributed by atoms with Crippen LogP contribution < -0.4 is 4.74 Å². The first-order valence-electron chi connectivity index (χ1n) is 6.73. The Morgan fingerprint density at radius 2 is 1.85 bits per heavy atom. The van der Waals surface area contributed by atoms with Gasteiger partial charge in [-0.25, -0.2) is 4.98 Å². The summed E-state index contributed by atoms with van der Waals surface area (Å²) >= 11 is 3.36. The van der Waals surface area contributed by atoms with E-state index in [1.54, 1.807) is 6.20 Å². The summed E-state index contributed by atoms with van der Waals surface area (Å²) in [5.74, 6) is 0.680. The smallest absolute Gasteiger partial charge is 0.213 e. The van der Waals surface area contributed by atoms with Gasteiger partial charge >= 0.3 is 0 Å². The Kier molecular flexibility index (Phi) is 4.33. The van der Waals surface area contributed by atoms with Gasteiger partial charge in [-0.3, -0.25) is 0 Å². The van der Waals surface area contributed by atoms with Crippen LogP contribution in [0.25, 0.3) is 0 Å². The van der Waals surface area contributed by atoms with Gasteiger partial charge in [0.1, 0.15) is 6.10 Å². The Labute approximate surface area is 127 Å². The molecule has 1 aromatic carbocycles. The number of pyridine rings is 1. The van der Waals surface area contributed by atoms with Crippen molar-refractivity contribution in [1.82, 2.24) is 4.98 Å². The molecule has 1 aliphatic rings. The number of hydrogen-bond donors (Lipinski definition) is 0. The summed E-state index contributed by atoms with van der Waals surface area (Å²) in [4.78, 5) is 4.21. The average Bonchev–Trinajstić information content (AvgIpc) is 2.44. The Balaban J connectivity index is 1.39. The summed E-state index contributed by atoms with van der Waals surface area (Å²) in [6.45, 7) is 0.675. The lowest BCUT2D eigenvalue weighted by atomic mass is 9.92. The van der Waals surface area contributed by atoms with Crippen LogP contribution in [-0.4, -0.2) is 17.2 Å². The molecule has 1 aromatic heterocycles. The highest BCUT2D eigenvalue weighted by atomic mass is 79.9. The first-order chi connectivity index (χ1) is 9.79. The molecule has 0 unspecified atom stereocenters. The highest BCUT2D eigenvalue weighted by Crippen LogP contribution is 2.28. The number of halogens is 1. The Morgan fingerprint density at radius 1 is 1.05 bits per heavy atom. The van der Waals surface area contributed by atoms with Gasteiger partial charge in [-0.05, 0) is 27.6 Å². The zero-order chi connectivity index (χ0) is 13.8. The molecule has 20 heavy (non-hydrogen) atoms. The molecule has 1 fully saturated rings. The predicted molar refractivity (Wildman–Crippen MR) is 80.6 cm³/mol. The zero-order valence-electron chi connectivity index (χ0n) is 11.0. The second kappa shape index (κ2) is 6.37. The third-order valence-corrected chi connectivity index (χ3v) is 3.84. The van der Waals surface area contributed by atoms with Crippen LogP contribution in [0.4, 0.5) is 0 Å². The summed E-state index contributed by atoms with van der Waals surface area (Å²) in [6, 6.07) is 14.1. The molecule has 1 aliphatic carbocycles. The van der Waals surface area contributed by atoms with E-state index in [0.29, 0.717) is 18.6 Å². The van der Waals surface area contributed by atoms with Crippen molar-refractivity contribution in [2.75, 3.05) is 0 Å². The van der Waals surface area contributed by atoms with Crippen LogP contribution in [0, 0.1) is 0 Å². The van der Waals surface area contributed by atoms with E-state index in [-0.39, 0.29) is 6.10 Å². The summed E-state index contributed by atoms with van der Waals surface area (Å²) < 4.78 is 12.6. The standard InChI is InChI=1S/C16H16BrNO2/c17-13-6-7-16(18-10-13)20-15-8-14(9-15)19-11-12-4-2-1-3-5-12/h1-7,10,14-15H,8-9,11H2/t14-,15-. The molecule has 3 nitrogen and oxygen atoms in total. The van der Waals surface area contributed by atoms with E-state index in [1.165, 1.54) is 5.56 Å². The fourth-order valence-electron chi connectivity index (χ4n) is 2.14. The van der Waals surface area contributed by atoms with Gasteiger partial charge in [0.2, 0.25) is 5.88 Å². The van der Waals surface area contributed by atoms with E-state index in [1.807, 2.05) is 30.3 Å². The molecule has 0 N–H and O–H groups in total. The summed E-state index contributed by atoms with van der Waals surface area (Å²) in [7, 11) is 0.